The fraction of sp³-hybridized carbons (Fsp3) is 0.286. The average molecular weight is 398 g/mol. The zero-order chi connectivity index (χ0) is 19.6. The highest BCUT2D eigenvalue weighted by Gasteiger charge is 2.19. The van der Waals surface area contributed by atoms with Crippen molar-refractivity contribution >= 4 is 26.6 Å². The molecule has 1 saturated heterocycles. The van der Waals surface area contributed by atoms with Crippen LogP contribution < -0.4 is 9.46 Å². The van der Waals surface area contributed by atoms with E-state index in [1.807, 2.05) is 19.1 Å². The maximum atomic E-state index is 13.0. The van der Waals surface area contributed by atoms with Crippen molar-refractivity contribution in [2.75, 3.05) is 17.9 Å². The number of nitrogens with zero attached hydrogens (tertiary/aromatic N) is 1. The van der Waals surface area contributed by atoms with Crippen molar-refractivity contribution in [3.63, 3.8) is 0 Å². The minimum absolute atomic E-state index is 0.102. The lowest BCUT2D eigenvalue weighted by Gasteiger charge is -2.13. The largest absolute Gasteiger partial charge is 0.491 e. The summed E-state index contributed by atoms with van der Waals surface area (Å²) < 4.78 is 39.9. The van der Waals surface area contributed by atoms with Gasteiger partial charge in [-0.25, -0.2) is 8.42 Å². The molecule has 1 fully saturated rings. The van der Waals surface area contributed by atoms with Crippen molar-refractivity contribution in [2.45, 2.75) is 30.8 Å². The van der Waals surface area contributed by atoms with E-state index in [4.69, 9.17) is 9.47 Å². The first kappa shape index (κ1) is 18.7. The second-order valence-corrected chi connectivity index (χ2v) is 8.57. The second kappa shape index (κ2) is 7.77. The van der Waals surface area contributed by atoms with Crippen LogP contribution in [0, 0.1) is 6.92 Å². The Hall–Kier alpha value is -2.64. The van der Waals surface area contributed by atoms with Crippen LogP contribution in [0.3, 0.4) is 0 Å². The fourth-order valence-electron chi connectivity index (χ4n) is 3.28. The van der Waals surface area contributed by atoms with Crippen LogP contribution in [0.5, 0.6) is 5.75 Å². The number of aryl methyl sites for hydroxylation is 1. The number of nitrogens with one attached hydrogen (secondary N) is 1. The van der Waals surface area contributed by atoms with Gasteiger partial charge in [-0.05, 0) is 49.6 Å². The lowest BCUT2D eigenvalue weighted by molar-refractivity contribution is 0.0680. The van der Waals surface area contributed by atoms with Gasteiger partial charge >= 0.3 is 0 Å². The molecule has 0 radical (unpaired) electrons. The van der Waals surface area contributed by atoms with E-state index in [1.54, 1.807) is 42.6 Å². The Morgan fingerprint density at radius 2 is 2.07 bits per heavy atom. The van der Waals surface area contributed by atoms with Gasteiger partial charge in [0.15, 0.2) is 0 Å². The Labute approximate surface area is 164 Å². The number of ether oxygens (including phenoxy) is 2. The van der Waals surface area contributed by atoms with Gasteiger partial charge in [0, 0.05) is 24.3 Å². The summed E-state index contributed by atoms with van der Waals surface area (Å²) >= 11 is 0. The van der Waals surface area contributed by atoms with Gasteiger partial charge in [-0.3, -0.25) is 9.71 Å². The van der Waals surface area contributed by atoms with Crippen molar-refractivity contribution in [3.8, 4) is 5.75 Å². The SMILES string of the molecule is Cc1cnc2c(S(=O)(=O)Nc3cccc(OCC4CCCO4)c3)cccc2c1. The molecule has 1 atom stereocenters. The highest BCUT2D eigenvalue weighted by Crippen LogP contribution is 2.26. The maximum Gasteiger partial charge on any atom is 0.264 e. The van der Waals surface area contributed by atoms with Crippen LogP contribution in [0.25, 0.3) is 10.9 Å². The molecule has 3 aromatic rings. The molecular formula is C21H22N2O4S. The van der Waals surface area contributed by atoms with Gasteiger partial charge in [0.1, 0.15) is 17.3 Å². The average Bonchev–Trinajstić information content (AvgIpc) is 3.19. The third kappa shape index (κ3) is 4.10. The summed E-state index contributed by atoms with van der Waals surface area (Å²) in [6.45, 7) is 3.16. The Bertz CT molecular complexity index is 1090. The molecule has 4 rings (SSSR count). The molecule has 1 aliphatic rings. The van der Waals surface area contributed by atoms with E-state index in [2.05, 4.69) is 9.71 Å². The van der Waals surface area contributed by atoms with Crippen LogP contribution in [0.1, 0.15) is 18.4 Å². The van der Waals surface area contributed by atoms with E-state index in [9.17, 15) is 8.42 Å². The predicted molar refractivity (Wildman–Crippen MR) is 108 cm³/mol. The quantitative estimate of drug-likeness (QED) is 0.681. The monoisotopic (exact) mass is 398 g/mol. The van der Waals surface area contributed by atoms with Gasteiger partial charge in [0.2, 0.25) is 0 Å². The van der Waals surface area contributed by atoms with E-state index >= 15 is 0 Å². The smallest absolute Gasteiger partial charge is 0.264 e. The second-order valence-electron chi connectivity index (χ2n) is 6.92. The summed E-state index contributed by atoms with van der Waals surface area (Å²) in [6, 6.07) is 14.0. The molecule has 1 aliphatic heterocycles. The third-order valence-electron chi connectivity index (χ3n) is 4.65. The first-order valence-electron chi connectivity index (χ1n) is 9.24. The number of sulfonamides is 1. The zero-order valence-electron chi connectivity index (χ0n) is 15.6. The zero-order valence-corrected chi connectivity index (χ0v) is 16.4. The van der Waals surface area contributed by atoms with Crippen LogP contribution in [-0.4, -0.2) is 32.7 Å². The fourth-order valence-corrected chi connectivity index (χ4v) is 4.51. The molecule has 1 unspecified atom stereocenters. The summed E-state index contributed by atoms with van der Waals surface area (Å²) in [6.07, 6.45) is 3.80. The van der Waals surface area contributed by atoms with Crippen LogP contribution in [0.4, 0.5) is 5.69 Å². The van der Waals surface area contributed by atoms with E-state index < -0.39 is 10.0 Å². The molecule has 0 spiro atoms. The molecule has 0 aliphatic carbocycles. The first-order chi connectivity index (χ1) is 13.5. The van der Waals surface area contributed by atoms with Gasteiger partial charge in [0.05, 0.1) is 17.3 Å². The normalized spacial score (nSPS) is 17.0. The number of para-hydroxylation sites is 1. The highest BCUT2D eigenvalue weighted by atomic mass is 32.2. The molecule has 0 amide bonds. The molecule has 2 aromatic carbocycles. The Morgan fingerprint density at radius 1 is 1.21 bits per heavy atom. The van der Waals surface area contributed by atoms with Crippen molar-refractivity contribution < 1.29 is 17.9 Å². The van der Waals surface area contributed by atoms with Crippen molar-refractivity contribution in [1.82, 2.24) is 4.98 Å². The molecule has 1 N–H and O–H groups in total. The number of anilines is 1. The van der Waals surface area contributed by atoms with E-state index in [0.717, 1.165) is 30.4 Å². The number of hydrogen-bond donors (Lipinski definition) is 1. The minimum atomic E-state index is -3.79. The van der Waals surface area contributed by atoms with E-state index in [1.165, 1.54) is 0 Å². The van der Waals surface area contributed by atoms with Crippen LogP contribution >= 0.6 is 0 Å². The highest BCUT2D eigenvalue weighted by molar-refractivity contribution is 7.93. The summed E-state index contributed by atoms with van der Waals surface area (Å²) in [5, 5.41) is 0.788. The molecular weight excluding hydrogens is 376 g/mol. The maximum absolute atomic E-state index is 13.0. The molecule has 0 bridgehead atoms. The predicted octanol–water partition coefficient (Wildman–Crippen LogP) is 3.90. The molecule has 0 saturated carbocycles. The molecule has 6 nitrogen and oxygen atoms in total. The van der Waals surface area contributed by atoms with Crippen molar-refractivity contribution in [1.29, 1.82) is 0 Å². The summed E-state index contributed by atoms with van der Waals surface area (Å²) in [7, 11) is -3.79. The number of benzene rings is 2. The van der Waals surface area contributed by atoms with E-state index in [-0.39, 0.29) is 11.0 Å². The standard InChI is InChI=1S/C21H22N2O4S/c1-15-11-16-5-2-9-20(21(16)22-13-15)28(24,25)23-17-6-3-7-18(12-17)27-14-19-8-4-10-26-19/h2-3,5-7,9,11-13,19,23H,4,8,10,14H2,1H3. The Kier molecular flexibility index (Phi) is 5.19. The number of pyridine rings is 1. The Morgan fingerprint density at radius 3 is 2.89 bits per heavy atom. The van der Waals surface area contributed by atoms with Crippen LogP contribution in [0.2, 0.25) is 0 Å². The minimum Gasteiger partial charge on any atom is -0.491 e. The number of aromatic nitrogens is 1. The molecule has 1 aromatic heterocycles. The molecule has 146 valence electrons. The summed E-state index contributed by atoms with van der Waals surface area (Å²) in [5.74, 6) is 0.599. The summed E-state index contributed by atoms with van der Waals surface area (Å²) in [5.41, 5.74) is 1.87. The van der Waals surface area contributed by atoms with Crippen molar-refractivity contribution in [2.24, 2.45) is 0 Å². The van der Waals surface area contributed by atoms with Gasteiger partial charge in [-0.2, -0.15) is 0 Å². The molecule has 2 heterocycles. The Balaban J connectivity index is 1.56. The van der Waals surface area contributed by atoms with Crippen molar-refractivity contribution in [3.05, 3.63) is 60.3 Å². The number of fused-ring (bicyclic) bond motifs is 1. The van der Waals surface area contributed by atoms with Crippen LogP contribution in [-0.2, 0) is 14.8 Å². The van der Waals surface area contributed by atoms with Gasteiger partial charge in [-0.15, -0.1) is 0 Å². The number of hydrogen-bond acceptors (Lipinski definition) is 5. The third-order valence-corrected chi connectivity index (χ3v) is 6.06. The topological polar surface area (TPSA) is 77.5 Å². The lowest BCUT2D eigenvalue weighted by Crippen LogP contribution is -2.16. The molecule has 7 heteroatoms. The van der Waals surface area contributed by atoms with E-state index in [0.29, 0.717) is 23.6 Å². The first-order valence-corrected chi connectivity index (χ1v) is 10.7. The van der Waals surface area contributed by atoms with Gasteiger partial charge in [0.25, 0.3) is 10.0 Å². The van der Waals surface area contributed by atoms with Gasteiger partial charge < -0.3 is 9.47 Å². The van der Waals surface area contributed by atoms with Gasteiger partial charge in [-0.1, -0.05) is 18.2 Å². The van der Waals surface area contributed by atoms with Crippen LogP contribution in [0.15, 0.2) is 59.6 Å². The molecule has 28 heavy (non-hydrogen) atoms. The lowest BCUT2D eigenvalue weighted by atomic mass is 10.2. The number of rotatable bonds is 6. The summed E-state index contributed by atoms with van der Waals surface area (Å²) in [4.78, 5) is 4.47.